The number of amidine groups is 1. The summed E-state index contributed by atoms with van der Waals surface area (Å²) in [6.07, 6.45) is 1.66. The Kier molecular flexibility index (Phi) is 7.69. The van der Waals surface area contributed by atoms with E-state index in [0.717, 1.165) is 0 Å². The number of nitrogens with zero attached hydrogens (tertiary/aromatic N) is 3. The maximum absolute atomic E-state index is 13.8. The Morgan fingerprint density at radius 3 is 2.64 bits per heavy atom. The van der Waals surface area contributed by atoms with Crippen LogP contribution in [0.1, 0.15) is 44.3 Å². The molecule has 0 aliphatic carbocycles. The van der Waals surface area contributed by atoms with E-state index in [4.69, 9.17) is 9.73 Å². The minimum atomic E-state index is -0.785. The van der Waals surface area contributed by atoms with Gasteiger partial charge in [0.1, 0.15) is 11.9 Å². The van der Waals surface area contributed by atoms with Gasteiger partial charge in [-0.05, 0) is 24.6 Å². The number of hydrogen-bond donors (Lipinski definition) is 1. The van der Waals surface area contributed by atoms with Crippen molar-refractivity contribution in [3.05, 3.63) is 61.9 Å². The van der Waals surface area contributed by atoms with E-state index >= 15 is 0 Å². The van der Waals surface area contributed by atoms with E-state index < -0.39 is 23.2 Å². The number of benzene rings is 1. The van der Waals surface area contributed by atoms with E-state index in [9.17, 15) is 14.0 Å². The fraction of sp³-hybridized carbons (Fsp3) is 0.391. The number of nitrogens with one attached hydrogen (secondary N) is 1. The van der Waals surface area contributed by atoms with Crippen LogP contribution < -0.4 is 5.32 Å². The van der Waals surface area contributed by atoms with E-state index in [1.165, 1.54) is 23.5 Å². The zero-order chi connectivity index (χ0) is 24.3. The topological polar surface area (TPSA) is 83.9 Å². The molecule has 0 saturated heterocycles. The van der Waals surface area contributed by atoms with Crippen molar-refractivity contribution in [1.82, 2.24) is 15.2 Å². The lowest BCUT2D eigenvalue weighted by molar-refractivity contribution is -0.140. The molecule has 1 aromatic heterocycles. The molecule has 2 heterocycles. The molecule has 0 spiro atoms. The van der Waals surface area contributed by atoms with E-state index in [-0.39, 0.29) is 24.6 Å². The minimum Gasteiger partial charge on any atom is -0.463 e. The number of amides is 1. The van der Waals surface area contributed by atoms with Gasteiger partial charge in [-0.15, -0.1) is 11.3 Å². The Morgan fingerprint density at radius 2 is 2.06 bits per heavy atom. The van der Waals surface area contributed by atoms with Crippen LogP contribution in [0.3, 0.4) is 0 Å². The van der Waals surface area contributed by atoms with Crippen LogP contribution >= 0.6 is 27.3 Å². The molecule has 7 nitrogen and oxygen atoms in total. The number of halogens is 2. The molecular weight excluding hydrogens is 511 g/mol. The average Bonchev–Trinajstić information content (AvgIpc) is 3.27. The monoisotopic (exact) mass is 536 g/mol. The molecular formula is C23H26BrFN4O3S. The maximum Gasteiger partial charge on any atom is 0.338 e. The quantitative estimate of drug-likeness (QED) is 0.551. The van der Waals surface area contributed by atoms with Gasteiger partial charge in [-0.25, -0.2) is 14.2 Å². The molecule has 3 rings (SSSR count). The first kappa shape index (κ1) is 25.0. The van der Waals surface area contributed by atoms with Gasteiger partial charge in [0, 0.05) is 34.2 Å². The lowest BCUT2D eigenvalue weighted by atomic mass is 9.93. The summed E-state index contributed by atoms with van der Waals surface area (Å²) < 4.78 is 19.6. The van der Waals surface area contributed by atoms with Gasteiger partial charge in [0.25, 0.3) is 0 Å². The van der Waals surface area contributed by atoms with Crippen molar-refractivity contribution in [2.75, 3.05) is 20.2 Å². The lowest BCUT2D eigenvalue weighted by Gasteiger charge is -2.31. The van der Waals surface area contributed by atoms with E-state index in [1.54, 1.807) is 31.1 Å². The van der Waals surface area contributed by atoms with Crippen LogP contribution in [0.5, 0.6) is 0 Å². The van der Waals surface area contributed by atoms with Crippen molar-refractivity contribution in [2.24, 2.45) is 10.4 Å². The number of thiazole rings is 1. The molecule has 33 heavy (non-hydrogen) atoms. The highest BCUT2D eigenvalue weighted by Gasteiger charge is 2.35. The van der Waals surface area contributed by atoms with Crippen LogP contribution in [0.4, 0.5) is 4.39 Å². The predicted octanol–water partition coefficient (Wildman–Crippen LogP) is 4.46. The minimum absolute atomic E-state index is 0.0853. The average molecular weight is 537 g/mol. The fourth-order valence-corrected chi connectivity index (χ4v) is 4.60. The van der Waals surface area contributed by atoms with Crippen LogP contribution in [0, 0.1) is 11.2 Å². The Bertz CT molecular complexity index is 1110. The highest BCUT2D eigenvalue weighted by atomic mass is 79.9. The summed E-state index contributed by atoms with van der Waals surface area (Å²) in [7, 11) is 1.68. The third kappa shape index (κ3) is 5.67. The van der Waals surface area contributed by atoms with E-state index in [0.29, 0.717) is 26.6 Å². The SMILES string of the molecule is CCOC(=O)C1=C(CN(C)C(=O)C(C)(C)C)NC(c2nccs2)=NC1c1ccc(F)cc1Br. The van der Waals surface area contributed by atoms with Crippen molar-refractivity contribution in [2.45, 2.75) is 33.7 Å². The van der Waals surface area contributed by atoms with E-state index in [1.807, 2.05) is 26.2 Å². The molecule has 1 N–H and O–H groups in total. The second-order valence-corrected chi connectivity index (χ2v) is 10.3. The van der Waals surface area contributed by atoms with Gasteiger partial charge in [-0.1, -0.05) is 42.8 Å². The molecule has 1 atom stereocenters. The van der Waals surface area contributed by atoms with Gasteiger partial charge in [0.15, 0.2) is 10.8 Å². The van der Waals surface area contributed by atoms with Gasteiger partial charge in [-0.3, -0.25) is 9.79 Å². The Hall–Kier alpha value is -2.59. The number of ether oxygens (including phenoxy) is 1. The van der Waals surface area contributed by atoms with Crippen LogP contribution in [-0.4, -0.2) is 47.8 Å². The van der Waals surface area contributed by atoms with Gasteiger partial charge in [-0.2, -0.15) is 0 Å². The third-order valence-electron chi connectivity index (χ3n) is 4.90. The van der Waals surface area contributed by atoms with Crippen LogP contribution in [0.2, 0.25) is 0 Å². The molecule has 1 aliphatic heterocycles. The van der Waals surface area contributed by atoms with Gasteiger partial charge >= 0.3 is 5.97 Å². The zero-order valence-electron chi connectivity index (χ0n) is 19.1. The van der Waals surface area contributed by atoms with Crippen LogP contribution in [0.25, 0.3) is 0 Å². The number of esters is 1. The highest BCUT2D eigenvalue weighted by molar-refractivity contribution is 9.10. The smallest absolute Gasteiger partial charge is 0.338 e. The first-order valence-electron chi connectivity index (χ1n) is 10.4. The first-order chi connectivity index (χ1) is 15.5. The number of likely N-dealkylation sites (N-methyl/N-ethyl adjacent to an activating group) is 1. The van der Waals surface area contributed by atoms with Crippen molar-refractivity contribution < 1.29 is 18.7 Å². The summed E-state index contributed by atoms with van der Waals surface area (Å²) in [4.78, 5) is 36.6. The van der Waals surface area contributed by atoms with Crippen molar-refractivity contribution in [1.29, 1.82) is 0 Å². The number of carbonyl (C=O) groups excluding carboxylic acids is 2. The number of aliphatic imine (C=N–C) groups is 1. The summed E-state index contributed by atoms with van der Waals surface area (Å²) in [6, 6.07) is 3.44. The molecule has 1 amide bonds. The molecule has 10 heteroatoms. The summed E-state index contributed by atoms with van der Waals surface area (Å²) in [5.41, 5.74) is 0.741. The van der Waals surface area contributed by atoms with Crippen molar-refractivity contribution in [3.8, 4) is 0 Å². The van der Waals surface area contributed by atoms with Gasteiger partial charge < -0.3 is 15.0 Å². The molecule has 176 valence electrons. The van der Waals surface area contributed by atoms with Gasteiger partial charge in [0.2, 0.25) is 5.91 Å². The number of hydrogen-bond acceptors (Lipinski definition) is 7. The fourth-order valence-electron chi connectivity index (χ4n) is 3.45. The summed E-state index contributed by atoms with van der Waals surface area (Å²) in [5.74, 6) is -0.593. The van der Waals surface area contributed by atoms with Crippen molar-refractivity contribution >= 4 is 45.0 Å². The van der Waals surface area contributed by atoms with Crippen LogP contribution in [0.15, 0.2) is 50.5 Å². The Labute approximate surface area is 204 Å². The van der Waals surface area contributed by atoms with Crippen molar-refractivity contribution in [3.63, 3.8) is 0 Å². The largest absolute Gasteiger partial charge is 0.463 e. The molecule has 0 fully saturated rings. The lowest BCUT2D eigenvalue weighted by Crippen LogP contribution is -2.43. The van der Waals surface area contributed by atoms with Crippen LogP contribution in [-0.2, 0) is 14.3 Å². The normalized spacial score (nSPS) is 16.2. The molecule has 1 unspecified atom stereocenters. The third-order valence-corrected chi connectivity index (χ3v) is 6.36. The predicted molar refractivity (Wildman–Crippen MR) is 129 cm³/mol. The highest BCUT2D eigenvalue weighted by Crippen LogP contribution is 2.37. The molecule has 1 aromatic carbocycles. The first-order valence-corrected chi connectivity index (χ1v) is 12.1. The summed E-state index contributed by atoms with van der Waals surface area (Å²) in [6.45, 7) is 7.53. The molecule has 2 aromatic rings. The maximum atomic E-state index is 13.8. The van der Waals surface area contributed by atoms with Gasteiger partial charge in [0.05, 0.1) is 18.7 Å². The van der Waals surface area contributed by atoms with E-state index in [2.05, 4.69) is 26.2 Å². The Balaban J connectivity index is 2.16. The number of rotatable bonds is 6. The standard InChI is InChI=1S/C23H26BrFN4O3S/c1-6-32-21(30)17-16(12-29(5)22(31)23(2,3)4)27-19(20-26-9-10-33-20)28-18(17)14-8-7-13(25)11-15(14)24/h7-11,18H,6,12H2,1-5H3,(H,27,28). The number of aromatic nitrogens is 1. The Morgan fingerprint density at radius 1 is 1.33 bits per heavy atom. The zero-order valence-corrected chi connectivity index (χ0v) is 21.5. The molecule has 0 bridgehead atoms. The number of carbonyl (C=O) groups is 2. The molecule has 0 saturated carbocycles. The summed E-state index contributed by atoms with van der Waals surface area (Å²) in [5, 5.41) is 5.66. The molecule has 1 aliphatic rings. The molecule has 0 radical (unpaired) electrons. The second kappa shape index (κ2) is 10.1. The summed E-state index contributed by atoms with van der Waals surface area (Å²) >= 11 is 4.79. The second-order valence-electron chi connectivity index (χ2n) is 8.53.